The average Bonchev–Trinajstić information content (AvgIpc) is 2.46. The van der Waals surface area contributed by atoms with E-state index in [1.165, 1.54) is 19.3 Å². The summed E-state index contributed by atoms with van der Waals surface area (Å²) in [4.78, 5) is 0. The molecular formula is C13H24O. The SMILES string of the molecule is CCCO[C@@H]1CC2CC[C@@]1(C)C2(C)C. The molecule has 2 bridgehead atoms. The van der Waals surface area contributed by atoms with Crippen LogP contribution in [0.2, 0.25) is 0 Å². The number of hydrogen-bond acceptors (Lipinski definition) is 1. The molecule has 82 valence electrons. The molecule has 0 aliphatic heterocycles. The molecule has 0 aromatic heterocycles. The van der Waals surface area contributed by atoms with Crippen molar-refractivity contribution in [2.45, 2.75) is 59.5 Å². The van der Waals surface area contributed by atoms with Crippen LogP contribution < -0.4 is 0 Å². The third-order valence-electron chi connectivity index (χ3n) is 5.24. The summed E-state index contributed by atoms with van der Waals surface area (Å²) in [6.07, 6.45) is 5.80. The van der Waals surface area contributed by atoms with E-state index in [9.17, 15) is 0 Å². The largest absolute Gasteiger partial charge is 0.378 e. The minimum atomic E-state index is 0.451. The zero-order valence-electron chi connectivity index (χ0n) is 10.1. The van der Waals surface area contributed by atoms with Crippen LogP contribution in [0.15, 0.2) is 0 Å². The van der Waals surface area contributed by atoms with Gasteiger partial charge < -0.3 is 4.74 Å². The van der Waals surface area contributed by atoms with Crippen molar-refractivity contribution in [3.8, 4) is 0 Å². The van der Waals surface area contributed by atoms with Crippen molar-refractivity contribution in [2.75, 3.05) is 6.61 Å². The Morgan fingerprint density at radius 2 is 2.00 bits per heavy atom. The van der Waals surface area contributed by atoms with E-state index in [0.717, 1.165) is 18.9 Å². The van der Waals surface area contributed by atoms with Gasteiger partial charge in [0.15, 0.2) is 0 Å². The molecule has 1 nitrogen and oxygen atoms in total. The van der Waals surface area contributed by atoms with Gasteiger partial charge in [0.1, 0.15) is 0 Å². The maximum Gasteiger partial charge on any atom is 0.0636 e. The average molecular weight is 196 g/mol. The second-order valence-corrected chi connectivity index (χ2v) is 5.97. The summed E-state index contributed by atoms with van der Waals surface area (Å²) in [6, 6.07) is 0. The lowest BCUT2D eigenvalue weighted by molar-refractivity contribution is -0.0461. The van der Waals surface area contributed by atoms with Gasteiger partial charge in [-0.1, -0.05) is 27.7 Å². The van der Waals surface area contributed by atoms with Gasteiger partial charge in [-0.05, 0) is 42.4 Å². The molecule has 2 rings (SSSR count). The molecule has 0 aromatic carbocycles. The Kier molecular flexibility index (Phi) is 2.42. The van der Waals surface area contributed by atoms with Gasteiger partial charge in [-0.15, -0.1) is 0 Å². The maximum atomic E-state index is 6.02. The van der Waals surface area contributed by atoms with Crippen molar-refractivity contribution in [1.82, 2.24) is 0 Å². The minimum absolute atomic E-state index is 0.451. The number of fused-ring (bicyclic) bond motifs is 2. The smallest absolute Gasteiger partial charge is 0.0636 e. The van der Waals surface area contributed by atoms with Gasteiger partial charge in [-0.25, -0.2) is 0 Å². The fourth-order valence-electron chi connectivity index (χ4n) is 3.64. The number of ether oxygens (including phenoxy) is 1. The van der Waals surface area contributed by atoms with Crippen LogP contribution in [0.5, 0.6) is 0 Å². The van der Waals surface area contributed by atoms with Crippen molar-refractivity contribution in [2.24, 2.45) is 16.7 Å². The van der Waals surface area contributed by atoms with Crippen molar-refractivity contribution in [1.29, 1.82) is 0 Å². The summed E-state index contributed by atoms with van der Waals surface area (Å²) in [5.74, 6) is 0.911. The Morgan fingerprint density at radius 3 is 2.43 bits per heavy atom. The van der Waals surface area contributed by atoms with E-state index in [1.54, 1.807) is 0 Å². The number of rotatable bonds is 3. The molecule has 0 heterocycles. The first-order chi connectivity index (χ1) is 6.52. The summed E-state index contributed by atoms with van der Waals surface area (Å²) in [5, 5.41) is 0. The van der Waals surface area contributed by atoms with E-state index in [0.29, 0.717) is 16.9 Å². The molecular weight excluding hydrogens is 172 g/mol. The first-order valence-corrected chi connectivity index (χ1v) is 6.14. The van der Waals surface area contributed by atoms with Crippen molar-refractivity contribution in [3.05, 3.63) is 0 Å². The van der Waals surface area contributed by atoms with Gasteiger partial charge >= 0.3 is 0 Å². The topological polar surface area (TPSA) is 9.23 Å². The Morgan fingerprint density at radius 1 is 1.29 bits per heavy atom. The van der Waals surface area contributed by atoms with E-state index in [1.807, 2.05) is 0 Å². The first-order valence-electron chi connectivity index (χ1n) is 6.14. The fourth-order valence-corrected chi connectivity index (χ4v) is 3.64. The van der Waals surface area contributed by atoms with Crippen LogP contribution in [0, 0.1) is 16.7 Å². The Labute approximate surface area is 88.2 Å². The molecule has 14 heavy (non-hydrogen) atoms. The monoisotopic (exact) mass is 196 g/mol. The van der Waals surface area contributed by atoms with E-state index in [-0.39, 0.29) is 0 Å². The lowest BCUT2D eigenvalue weighted by Gasteiger charge is -2.38. The first kappa shape index (κ1) is 10.5. The molecule has 0 spiro atoms. The van der Waals surface area contributed by atoms with Crippen LogP contribution in [0.25, 0.3) is 0 Å². The summed E-state index contributed by atoms with van der Waals surface area (Å²) >= 11 is 0. The van der Waals surface area contributed by atoms with Crippen LogP contribution in [0.3, 0.4) is 0 Å². The molecule has 2 aliphatic rings. The molecule has 2 saturated carbocycles. The highest BCUT2D eigenvalue weighted by atomic mass is 16.5. The zero-order valence-corrected chi connectivity index (χ0v) is 10.1. The van der Waals surface area contributed by atoms with Crippen molar-refractivity contribution >= 4 is 0 Å². The van der Waals surface area contributed by atoms with Crippen LogP contribution in [-0.2, 0) is 4.74 Å². The summed E-state index contributed by atoms with van der Waals surface area (Å²) < 4.78 is 6.02. The normalized spacial score (nSPS) is 44.6. The molecule has 0 aromatic rings. The maximum absolute atomic E-state index is 6.02. The minimum Gasteiger partial charge on any atom is -0.378 e. The van der Waals surface area contributed by atoms with E-state index in [2.05, 4.69) is 27.7 Å². The number of hydrogen-bond donors (Lipinski definition) is 0. The predicted molar refractivity (Wildman–Crippen MR) is 59.3 cm³/mol. The molecule has 3 atom stereocenters. The molecule has 0 radical (unpaired) electrons. The standard InChI is InChI=1S/C13H24O/c1-5-8-14-11-9-10-6-7-13(11,4)12(10,2)3/h10-11H,5-9H2,1-4H3/t10?,11-,13-/m1/s1. The highest BCUT2D eigenvalue weighted by Gasteiger charge is 2.61. The third-order valence-corrected chi connectivity index (χ3v) is 5.24. The quantitative estimate of drug-likeness (QED) is 0.670. The molecule has 0 saturated heterocycles. The van der Waals surface area contributed by atoms with Gasteiger partial charge in [0.2, 0.25) is 0 Å². The highest BCUT2D eigenvalue weighted by molar-refractivity contribution is 5.11. The molecule has 2 fully saturated rings. The van der Waals surface area contributed by atoms with E-state index >= 15 is 0 Å². The molecule has 0 amide bonds. The van der Waals surface area contributed by atoms with E-state index < -0.39 is 0 Å². The van der Waals surface area contributed by atoms with Gasteiger partial charge in [-0.3, -0.25) is 0 Å². The predicted octanol–water partition coefficient (Wildman–Crippen LogP) is 3.63. The van der Waals surface area contributed by atoms with Crippen LogP contribution in [0.4, 0.5) is 0 Å². The summed E-state index contributed by atoms with van der Waals surface area (Å²) in [5.41, 5.74) is 0.957. The summed E-state index contributed by atoms with van der Waals surface area (Å²) in [7, 11) is 0. The second-order valence-electron chi connectivity index (χ2n) is 5.97. The zero-order chi connectivity index (χ0) is 10.4. The van der Waals surface area contributed by atoms with Crippen LogP contribution >= 0.6 is 0 Å². The van der Waals surface area contributed by atoms with Crippen LogP contribution in [-0.4, -0.2) is 12.7 Å². The van der Waals surface area contributed by atoms with Crippen LogP contribution in [0.1, 0.15) is 53.4 Å². The lowest BCUT2D eigenvalue weighted by Crippen LogP contribution is -2.37. The Bertz CT molecular complexity index is 221. The van der Waals surface area contributed by atoms with Gasteiger partial charge in [0.25, 0.3) is 0 Å². The summed E-state index contributed by atoms with van der Waals surface area (Å²) in [6.45, 7) is 10.5. The molecule has 1 heteroatoms. The Hall–Kier alpha value is -0.0400. The lowest BCUT2D eigenvalue weighted by atomic mass is 9.70. The Balaban J connectivity index is 2.11. The van der Waals surface area contributed by atoms with Gasteiger partial charge in [0, 0.05) is 6.61 Å². The molecule has 2 aliphatic carbocycles. The molecule has 1 unspecified atom stereocenters. The van der Waals surface area contributed by atoms with Gasteiger partial charge in [0.05, 0.1) is 6.10 Å². The highest BCUT2D eigenvalue weighted by Crippen LogP contribution is 2.66. The van der Waals surface area contributed by atoms with E-state index in [4.69, 9.17) is 4.74 Å². The molecule has 0 N–H and O–H groups in total. The van der Waals surface area contributed by atoms with Crippen molar-refractivity contribution < 1.29 is 4.74 Å². The second kappa shape index (κ2) is 3.23. The third kappa shape index (κ3) is 1.18. The van der Waals surface area contributed by atoms with Gasteiger partial charge in [-0.2, -0.15) is 0 Å². The fraction of sp³-hybridized carbons (Fsp3) is 1.00. The van der Waals surface area contributed by atoms with Crippen molar-refractivity contribution in [3.63, 3.8) is 0 Å².